The van der Waals surface area contributed by atoms with E-state index >= 15 is 0 Å². The van der Waals surface area contributed by atoms with Crippen molar-refractivity contribution in [3.8, 4) is 0 Å². The molecule has 2 fully saturated rings. The van der Waals surface area contributed by atoms with E-state index in [0.29, 0.717) is 13.0 Å². The first-order valence-electron chi connectivity index (χ1n) is 9.12. The third-order valence-corrected chi connectivity index (χ3v) is 5.65. The third kappa shape index (κ3) is 5.61. The summed E-state index contributed by atoms with van der Waals surface area (Å²) in [7, 11) is 0. The van der Waals surface area contributed by atoms with Crippen molar-refractivity contribution >= 4 is 5.91 Å². The summed E-state index contributed by atoms with van der Waals surface area (Å²) < 4.78 is 0. The Morgan fingerprint density at radius 1 is 1.05 bits per heavy atom. The summed E-state index contributed by atoms with van der Waals surface area (Å²) in [5.41, 5.74) is -0.0305. The van der Waals surface area contributed by atoms with Gasteiger partial charge in [0.1, 0.15) is 0 Å². The van der Waals surface area contributed by atoms with Crippen molar-refractivity contribution in [2.24, 2.45) is 11.3 Å². The average molecular weight is 295 g/mol. The van der Waals surface area contributed by atoms with Crippen LogP contribution in [0.4, 0.5) is 0 Å². The van der Waals surface area contributed by atoms with Crippen LogP contribution in [0.5, 0.6) is 0 Å². The molecule has 0 aromatic heterocycles. The summed E-state index contributed by atoms with van der Waals surface area (Å²) in [5.74, 6) is 1.05. The Bertz CT molecular complexity index is 304. The Hall–Kier alpha value is -0.570. The van der Waals surface area contributed by atoms with Gasteiger partial charge >= 0.3 is 0 Å². The largest absolute Gasteiger partial charge is 0.396 e. The molecule has 3 heteroatoms. The van der Waals surface area contributed by atoms with E-state index in [1.54, 1.807) is 0 Å². The number of amides is 1. The Morgan fingerprint density at radius 2 is 1.71 bits per heavy atom. The minimum Gasteiger partial charge on any atom is -0.396 e. The molecule has 0 bridgehead atoms. The lowest BCUT2D eigenvalue weighted by molar-refractivity contribution is -0.122. The molecule has 21 heavy (non-hydrogen) atoms. The molecule has 0 atom stereocenters. The number of carbonyl (C=O) groups excluding carboxylic acids is 1. The maximum atomic E-state index is 12.0. The summed E-state index contributed by atoms with van der Waals surface area (Å²) in [5, 5.41) is 12.7. The van der Waals surface area contributed by atoms with Crippen LogP contribution >= 0.6 is 0 Å². The van der Waals surface area contributed by atoms with Gasteiger partial charge in [0, 0.05) is 18.4 Å². The molecule has 0 aromatic carbocycles. The molecule has 0 aliphatic heterocycles. The Balaban J connectivity index is 1.60. The molecule has 3 nitrogen and oxygen atoms in total. The molecule has 122 valence electrons. The SMILES string of the molecule is O=C(CCCC1CCCCC1)NCC1(CO)CCCCC1. The van der Waals surface area contributed by atoms with Crippen LogP contribution < -0.4 is 5.32 Å². The molecule has 0 saturated heterocycles. The van der Waals surface area contributed by atoms with Crippen molar-refractivity contribution in [1.82, 2.24) is 5.32 Å². The molecule has 2 aliphatic carbocycles. The highest BCUT2D eigenvalue weighted by Crippen LogP contribution is 2.35. The van der Waals surface area contributed by atoms with E-state index < -0.39 is 0 Å². The first-order chi connectivity index (χ1) is 10.2. The van der Waals surface area contributed by atoms with E-state index in [2.05, 4.69) is 5.32 Å². The quantitative estimate of drug-likeness (QED) is 0.750. The van der Waals surface area contributed by atoms with Crippen LogP contribution in [0.15, 0.2) is 0 Å². The van der Waals surface area contributed by atoms with Gasteiger partial charge in [-0.1, -0.05) is 51.4 Å². The summed E-state index contributed by atoms with van der Waals surface area (Å²) >= 11 is 0. The van der Waals surface area contributed by atoms with Crippen LogP contribution in [0.3, 0.4) is 0 Å². The molecule has 1 amide bonds. The van der Waals surface area contributed by atoms with Gasteiger partial charge < -0.3 is 10.4 Å². The van der Waals surface area contributed by atoms with Gasteiger partial charge in [0.05, 0.1) is 6.61 Å². The minimum atomic E-state index is -0.0305. The van der Waals surface area contributed by atoms with Crippen LogP contribution in [-0.4, -0.2) is 24.2 Å². The fraction of sp³-hybridized carbons (Fsp3) is 0.944. The number of hydrogen-bond donors (Lipinski definition) is 2. The summed E-state index contributed by atoms with van der Waals surface area (Å²) in [6, 6.07) is 0. The summed E-state index contributed by atoms with van der Waals surface area (Å²) in [6.45, 7) is 0.890. The molecule has 2 N–H and O–H groups in total. The second-order valence-corrected chi connectivity index (χ2v) is 7.39. The normalized spacial score (nSPS) is 22.9. The maximum absolute atomic E-state index is 12.0. The fourth-order valence-electron chi connectivity index (χ4n) is 4.09. The molecular formula is C18H33NO2. The topological polar surface area (TPSA) is 49.3 Å². The van der Waals surface area contributed by atoms with Crippen LogP contribution in [0.25, 0.3) is 0 Å². The van der Waals surface area contributed by atoms with Crippen LogP contribution in [0.1, 0.15) is 83.5 Å². The van der Waals surface area contributed by atoms with Gasteiger partial charge in [-0.05, 0) is 31.6 Å². The molecule has 0 spiro atoms. The van der Waals surface area contributed by atoms with Gasteiger partial charge in [-0.15, -0.1) is 0 Å². The highest BCUT2D eigenvalue weighted by Gasteiger charge is 2.31. The third-order valence-electron chi connectivity index (χ3n) is 5.65. The maximum Gasteiger partial charge on any atom is 0.220 e. The predicted octanol–water partition coefficient (Wildman–Crippen LogP) is 3.80. The van der Waals surface area contributed by atoms with Gasteiger partial charge in [0.15, 0.2) is 0 Å². The zero-order valence-corrected chi connectivity index (χ0v) is 13.5. The Kier molecular flexibility index (Phi) is 7.01. The molecule has 2 rings (SSSR count). The van der Waals surface area contributed by atoms with Crippen LogP contribution in [0.2, 0.25) is 0 Å². The van der Waals surface area contributed by atoms with Crippen molar-refractivity contribution in [1.29, 1.82) is 0 Å². The summed E-state index contributed by atoms with van der Waals surface area (Å²) in [6.07, 6.45) is 15.6. The lowest BCUT2D eigenvalue weighted by Crippen LogP contribution is -2.41. The van der Waals surface area contributed by atoms with Crippen LogP contribution in [-0.2, 0) is 4.79 Å². The van der Waals surface area contributed by atoms with Gasteiger partial charge in [0.25, 0.3) is 0 Å². The zero-order chi connectivity index (χ0) is 15.0. The lowest BCUT2D eigenvalue weighted by Gasteiger charge is -2.35. The van der Waals surface area contributed by atoms with E-state index in [4.69, 9.17) is 0 Å². The number of aliphatic hydroxyl groups is 1. The smallest absolute Gasteiger partial charge is 0.220 e. The van der Waals surface area contributed by atoms with Crippen LogP contribution in [0, 0.1) is 11.3 Å². The Morgan fingerprint density at radius 3 is 2.38 bits per heavy atom. The first-order valence-corrected chi connectivity index (χ1v) is 9.12. The zero-order valence-electron chi connectivity index (χ0n) is 13.5. The van der Waals surface area contributed by atoms with Crippen molar-refractivity contribution in [2.45, 2.75) is 83.5 Å². The highest BCUT2D eigenvalue weighted by atomic mass is 16.3. The molecule has 2 aliphatic rings. The van der Waals surface area contributed by atoms with Gasteiger partial charge in [0.2, 0.25) is 5.91 Å². The first kappa shape index (κ1) is 16.8. The molecule has 0 aromatic rings. The van der Waals surface area contributed by atoms with E-state index in [9.17, 15) is 9.90 Å². The second kappa shape index (κ2) is 8.77. The monoisotopic (exact) mass is 295 g/mol. The minimum absolute atomic E-state index is 0.0305. The lowest BCUT2D eigenvalue weighted by atomic mass is 9.74. The van der Waals surface area contributed by atoms with E-state index in [1.807, 2.05) is 0 Å². The average Bonchev–Trinajstić information content (AvgIpc) is 2.55. The standard InChI is InChI=1S/C18H33NO2/c20-15-18(12-5-2-6-13-18)14-19-17(21)11-7-10-16-8-3-1-4-9-16/h16,20H,1-15H2,(H,19,21). The molecule has 0 heterocycles. The molecule has 2 saturated carbocycles. The fourth-order valence-corrected chi connectivity index (χ4v) is 4.09. The Labute approximate surface area is 129 Å². The van der Waals surface area contributed by atoms with Gasteiger partial charge in [-0.25, -0.2) is 0 Å². The van der Waals surface area contributed by atoms with E-state index in [1.165, 1.54) is 57.8 Å². The van der Waals surface area contributed by atoms with Gasteiger partial charge in [-0.2, -0.15) is 0 Å². The number of hydrogen-bond acceptors (Lipinski definition) is 2. The van der Waals surface area contributed by atoms with E-state index in [-0.39, 0.29) is 17.9 Å². The predicted molar refractivity (Wildman–Crippen MR) is 86.0 cm³/mol. The number of rotatable bonds is 7. The molecule has 0 radical (unpaired) electrons. The summed E-state index contributed by atoms with van der Waals surface area (Å²) in [4.78, 5) is 12.0. The van der Waals surface area contributed by atoms with Crippen molar-refractivity contribution < 1.29 is 9.90 Å². The van der Waals surface area contributed by atoms with Crippen molar-refractivity contribution in [3.05, 3.63) is 0 Å². The number of aliphatic hydroxyl groups excluding tert-OH is 1. The molecule has 0 unspecified atom stereocenters. The second-order valence-electron chi connectivity index (χ2n) is 7.39. The number of nitrogens with one attached hydrogen (secondary N) is 1. The van der Waals surface area contributed by atoms with E-state index in [0.717, 1.165) is 25.2 Å². The highest BCUT2D eigenvalue weighted by molar-refractivity contribution is 5.75. The van der Waals surface area contributed by atoms with Crippen molar-refractivity contribution in [3.63, 3.8) is 0 Å². The van der Waals surface area contributed by atoms with Gasteiger partial charge in [-0.3, -0.25) is 4.79 Å². The number of carbonyl (C=O) groups is 1. The molecular weight excluding hydrogens is 262 g/mol. The van der Waals surface area contributed by atoms with Crippen molar-refractivity contribution in [2.75, 3.05) is 13.2 Å².